The average Bonchev–Trinajstić information content (AvgIpc) is 2.89. The molecule has 102 valence electrons. The lowest BCUT2D eigenvalue weighted by atomic mass is 10.1. The average molecular weight is 260 g/mol. The van der Waals surface area contributed by atoms with Gasteiger partial charge in [-0.3, -0.25) is 4.98 Å². The minimum Gasteiger partial charge on any atom is -0.339 e. The summed E-state index contributed by atoms with van der Waals surface area (Å²) in [6.07, 6.45) is 4.74. The molecule has 0 amide bonds. The van der Waals surface area contributed by atoms with Gasteiger partial charge in [-0.2, -0.15) is 4.98 Å². The third-order valence-corrected chi connectivity index (χ3v) is 2.91. The first-order chi connectivity index (χ1) is 9.33. The second kappa shape index (κ2) is 6.99. The predicted molar refractivity (Wildman–Crippen MR) is 73.6 cm³/mol. The molecule has 0 aliphatic carbocycles. The molecule has 0 bridgehead atoms. The van der Waals surface area contributed by atoms with E-state index >= 15 is 0 Å². The molecule has 2 rings (SSSR count). The van der Waals surface area contributed by atoms with E-state index < -0.39 is 0 Å². The van der Waals surface area contributed by atoms with Crippen LogP contribution in [-0.4, -0.2) is 27.7 Å². The van der Waals surface area contributed by atoms with Gasteiger partial charge in [0, 0.05) is 18.7 Å². The van der Waals surface area contributed by atoms with Crippen LogP contribution in [0.15, 0.2) is 28.9 Å². The van der Waals surface area contributed by atoms with Crippen LogP contribution in [0.1, 0.15) is 32.6 Å². The van der Waals surface area contributed by atoms with Crippen LogP contribution in [0.25, 0.3) is 11.5 Å². The van der Waals surface area contributed by atoms with Crippen LogP contribution < -0.4 is 5.32 Å². The Kier molecular flexibility index (Phi) is 5.03. The molecule has 2 heterocycles. The lowest BCUT2D eigenvalue weighted by molar-refractivity contribution is 0.352. The molecule has 0 aliphatic heterocycles. The fourth-order valence-electron chi connectivity index (χ4n) is 2.06. The van der Waals surface area contributed by atoms with Gasteiger partial charge < -0.3 is 9.84 Å². The van der Waals surface area contributed by atoms with E-state index in [1.165, 1.54) is 0 Å². The van der Waals surface area contributed by atoms with Gasteiger partial charge in [-0.15, -0.1) is 0 Å². The highest BCUT2D eigenvalue weighted by Crippen LogP contribution is 2.13. The molecule has 5 nitrogen and oxygen atoms in total. The maximum atomic E-state index is 5.30. The van der Waals surface area contributed by atoms with Gasteiger partial charge in [-0.1, -0.05) is 31.5 Å². The van der Waals surface area contributed by atoms with E-state index in [0.29, 0.717) is 17.8 Å². The lowest BCUT2D eigenvalue weighted by Crippen LogP contribution is -2.30. The highest BCUT2D eigenvalue weighted by molar-refractivity contribution is 5.46. The Hall–Kier alpha value is -1.75. The van der Waals surface area contributed by atoms with Crippen molar-refractivity contribution in [1.29, 1.82) is 0 Å². The van der Waals surface area contributed by atoms with Crippen molar-refractivity contribution < 1.29 is 4.52 Å². The van der Waals surface area contributed by atoms with E-state index in [0.717, 1.165) is 31.5 Å². The van der Waals surface area contributed by atoms with Gasteiger partial charge in [0.2, 0.25) is 11.7 Å². The molecule has 1 N–H and O–H groups in total. The number of nitrogens with one attached hydrogen (secondary N) is 1. The van der Waals surface area contributed by atoms with Crippen LogP contribution in [-0.2, 0) is 6.42 Å². The first-order valence-corrected chi connectivity index (χ1v) is 6.80. The normalized spacial score (nSPS) is 12.5. The monoisotopic (exact) mass is 260 g/mol. The number of nitrogens with zero attached hydrogens (tertiary/aromatic N) is 3. The molecule has 2 aromatic heterocycles. The molecule has 0 radical (unpaired) electrons. The van der Waals surface area contributed by atoms with Crippen molar-refractivity contribution in [2.45, 2.75) is 39.2 Å². The Morgan fingerprint density at radius 2 is 2.21 bits per heavy atom. The highest BCUT2D eigenvalue weighted by atomic mass is 16.5. The minimum atomic E-state index is 0.395. The Labute approximate surface area is 113 Å². The van der Waals surface area contributed by atoms with Gasteiger partial charge in [-0.05, 0) is 25.1 Å². The molecule has 0 aromatic carbocycles. The van der Waals surface area contributed by atoms with Gasteiger partial charge in [0.05, 0.1) is 0 Å². The highest BCUT2D eigenvalue weighted by Gasteiger charge is 2.14. The summed E-state index contributed by atoms with van der Waals surface area (Å²) < 4.78 is 5.30. The van der Waals surface area contributed by atoms with E-state index in [1.54, 1.807) is 6.20 Å². The number of aromatic nitrogens is 3. The molecule has 0 saturated carbocycles. The van der Waals surface area contributed by atoms with Crippen molar-refractivity contribution in [3.8, 4) is 11.5 Å². The fraction of sp³-hybridized carbons (Fsp3) is 0.500. The van der Waals surface area contributed by atoms with E-state index in [4.69, 9.17) is 4.52 Å². The second-order valence-electron chi connectivity index (χ2n) is 4.47. The van der Waals surface area contributed by atoms with Crippen LogP contribution in [0.2, 0.25) is 0 Å². The maximum Gasteiger partial charge on any atom is 0.228 e. The van der Waals surface area contributed by atoms with Crippen molar-refractivity contribution in [1.82, 2.24) is 20.4 Å². The number of likely N-dealkylation sites (N-methyl/N-ethyl adjacent to an activating group) is 1. The lowest BCUT2D eigenvalue weighted by Gasteiger charge is -2.14. The SMILES string of the molecule is CCCC(Cc1nc(-c2ccccn2)no1)NCC. The molecule has 2 aromatic rings. The van der Waals surface area contributed by atoms with Gasteiger partial charge in [0.25, 0.3) is 0 Å². The molecule has 5 heteroatoms. The van der Waals surface area contributed by atoms with Crippen molar-refractivity contribution >= 4 is 0 Å². The summed E-state index contributed by atoms with van der Waals surface area (Å²) in [4.78, 5) is 8.62. The van der Waals surface area contributed by atoms with Gasteiger partial charge in [0.15, 0.2) is 0 Å². The summed E-state index contributed by atoms with van der Waals surface area (Å²) in [5.41, 5.74) is 0.744. The summed E-state index contributed by atoms with van der Waals surface area (Å²) >= 11 is 0. The van der Waals surface area contributed by atoms with Gasteiger partial charge >= 0.3 is 0 Å². The fourth-order valence-corrected chi connectivity index (χ4v) is 2.06. The summed E-state index contributed by atoms with van der Waals surface area (Å²) in [7, 11) is 0. The van der Waals surface area contributed by atoms with Crippen molar-refractivity contribution in [2.75, 3.05) is 6.54 Å². The van der Waals surface area contributed by atoms with E-state index in [-0.39, 0.29) is 0 Å². The van der Waals surface area contributed by atoms with E-state index in [9.17, 15) is 0 Å². The predicted octanol–water partition coefficient (Wildman–Crippen LogP) is 2.45. The first-order valence-electron chi connectivity index (χ1n) is 6.80. The van der Waals surface area contributed by atoms with Crippen molar-refractivity contribution in [3.05, 3.63) is 30.3 Å². The number of rotatable bonds is 7. The zero-order chi connectivity index (χ0) is 13.5. The minimum absolute atomic E-state index is 0.395. The summed E-state index contributed by atoms with van der Waals surface area (Å²) in [6, 6.07) is 6.05. The Morgan fingerprint density at radius 3 is 2.89 bits per heavy atom. The van der Waals surface area contributed by atoms with Crippen LogP contribution in [0.3, 0.4) is 0 Å². The molecular weight excluding hydrogens is 240 g/mol. The summed E-state index contributed by atoms with van der Waals surface area (Å²) in [6.45, 7) is 5.24. The van der Waals surface area contributed by atoms with Crippen molar-refractivity contribution in [3.63, 3.8) is 0 Å². The number of hydrogen-bond acceptors (Lipinski definition) is 5. The topological polar surface area (TPSA) is 63.8 Å². The quantitative estimate of drug-likeness (QED) is 0.828. The van der Waals surface area contributed by atoms with Crippen molar-refractivity contribution in [2.24, 2.45) is 0 Å². The molecule has 19 heavy (non-hydrogen) atoms. The van der Waals surface area contributed by atoms with Gasteiger partial charge in [0.1, 0.15) is 5.69 Å². The van der Waals surface area contributed by atoms with Crippen LogP contribution in [0, 0.1) is 0 Å². The molecule has 1 atom stereocenters. The van der Waals surface area contributed by atoms with Crippen LogP contribution in [0.4, 0.5) is 0 Å². The summed E-state index contributed by atoms with van der Waals surface area (Å²) in [5, 5.41) is 7.42. The van der Waals surface area contributed by atoms with E-state index in [1.807, 2.05) is 18.2 Å². The molecule has 0 aliphatic rings. The molecule has 1 unspecified atom stereocenters. The molecule has 0 spiro atoms. The van der Waals surface area contributed by atoms with E-state index in [2.05, 4.69) is 34.3 Å². The third kappa shape index (κ3) is 3.86. The van der Waals surface area contributed by atoms with Crippen LogP contribution in [0.5, 0.6) is 0 Å². The zero-order valence-electron chi connectivity index (χ0n) is 11.5. The molecule has 0 fully saturated rings. The first kappa shape index (κ1) is 13.7. The molecule has 0 saturated heterocycles. The number of pyridine rings is 1. The Bertz CT molecular complexity index is 477. The Balaban J connectivity index is 2.04. The molecular formula is C14H20N4O. The van der Waals surface area contributed by atoms with Crippen LogP contribution >= 0.6 is 0 Å². The standard InChI is InChI=1S/C14H20N4O/c1-3-7-11(15-4-2)10-13-17-14(18-19-13)12-8-5-6-9-16-12/h5-6,8-9,11,15H,3-4,7,10H2,1-2H3. The second-order valence-corrected chi connectivity index (χ2v) is 4.47. The smallest absolute Gasteiger partial charge is 0.228 e. The van der Waals surface area contributed by atoms with Gasteiger partial charge in [-0.25, -0.2) is 0 Å². The summed E-state index contributed by atoms with van der Waals surface area (Å²) in [5.74, 6) is 1.22. The third-order valence-electron chi connectivity index (χ3n) is 2.91. The maximum absolute atomic E-state index is 5.30. The Morgan fingerprint density at radius 1 is 1.32 bits per heavy atom. The zero-order valence-corrected chi connectivity index (χ0v) is 11.5. The largest absolute Gasteiger partial charge is 0.339 e. The number of hydrogen-bond donors (Lipinski definition) is 1.